The molecule has 98 valence electrons. The second-order valence-corrected chi connectivity index (χ2v) is 4.64. The number of nitrogens with two attached hydrogens (primary N) is 1. The van der Waals surface area contributed by atoms with Gasteiger partial charge in [-0.2, -0.15) is 5.10 Å². The molecule has 1 aromatic carbocycles. The van der Waals surface area contributed by atoms with Gasteiger partial charge in [0.15, 0.2) is 0 Å². The summed E-state index contributed by atoms with van der Waals surface area (Å²) in [6.07, 6.45) is 1.72. The predicted octanol–water partition coefficient (Wildman–Crippen LogP) is 0.860. The number of benzene rings is 1. The zero-order chi connectivity index (χ0) is 13.7. The van der Waals surface area contributed by atoms with Gasteiger partial charge in [0, 0.05) is 32.3 Å². The third-order valence-corrected chi connectivity index (χ3v) is 3.56. The van der Waals surface area contributed by atoms with Crippen molar-refractivity contribution in [3.63, 3.8) is 0 Å². The van der Waals surface area contributed by atoms with Crippen LogP contribution in [0.15, 0.2) is 29.2 Å². The molecule has 2 aromatic heterocycles. The van der Waals surface area contributed by atoms with Gasteiger partial charge in [-0.3, -0.25) is 13.8 Å². The molecule has 2 N–H and O–H groups in total. The van der Waals surface area contributed by atoms with Crippen molar-refractivity contribution in [1.29, 1.82) is 0 Å². The van der Waals surface area contributed by atoms with Crippen LogP contribution in [0.2, 0.25) is 0 Å². The highest BCUT2D eigenvalue weighted by atomic mass is 16.1. The Morgan fingerprint density at radius 1 is 1.11 bits per heavy atom. The van der Waals surface area contributed by atoms with E-state index in [9.17, 15) is 4.79 Å². The van der Waals surface area contributed by atoms with Crippen molar-refractivity contribution in [2.75, 3.05) is 5.73 Å². The van der Waals surface area contributed by atoms with Crippen molar-refractivity contribution in [3.8, 4) is 11.1 Å². The summed E-state index contributed by atoms with van der Waals surface area (Å²) in [7, 11) is 5.32. The van der Waals surface area contributed by atoms with Crippen LogP contribution in [0.1, 0.15) is 0 Å². The van der Waals surface area contributed by atoms with E-state index in [1.54, 1.807) is 41.2 Å². The molecule has 0 spiro atoms. The van der Waals surface area contributed by atoms with Crippen LogP contribution in [0.4, 0.5) is 5.82 Å². The minimum absolute atomic E-state index is 0.0510. The monoisotopic (exact) mass is 257 g/mol. The molecule has 0 fully saturated rings. The normalized spacial score (nSPS) is 11.3. The minimum atomic E-state index is -0.0510. The molecule has 0 radical (unpaired) electrons. The Morgan fingerprint density at radius 2 is 1.84 bits per heavy atom. The molecule has 3 aromatic rings. The maximum atomic E-state index is 12.0. The highest BCUT2D eigenvalue weighted by Gasteiger charge is 2.16. The summed E-state index contributed by atoms with van der Waals surface area (Å²) in [6.45, 7) is 0. The zero-order valence-corrected chi connectivity index (χ0v) is 11.1. The van der Waals surface area contributed by atoms with Crippen LogP contribution in [-0.2, 0) is 21.1 Å². The minimum Gasteiger partial charge on any atom is -0.383 e. The topological polar surface area (TPSA) is 70.8 Å². The number of rotatable bonds is 1. The lowest BCUT2D eigenvalue weighted by Crippen LogP contribution is -2.19. The predicted molar refractivity (Wildman–Crippen MR) is 74.8 cm³/mol. The van der Waals surface area contributed by atoms with Gasteiger partial charge >= 0.3 is 5.69 Å². The molecule has 6 nitrogen and oxygen atoms in total. The van der Waals surface area contributed by atoms with Gasteiger partial charge in [-0.1, -0.05) is 12.1 Å². The van der Waals surface area contributed by atoms with E-state index in [1.165, 1.54) is 0 Å². The second kappa shape index (κ2) is 3.74. The standard InChI is InChI=1S/C13H15N5O/c1-16-10-6-4-5-8(11(10)17(2)13(16)19)9-7-15-18(3)12(9)14/h4-7H,14H2,1-3H3. The van der Waals surface area contributed by atoms with Crippen LogP contribution >= 0.6 is 0 Å². The van der Waals surface area contributed by atoms with Gasteiger partial charge in [0.05, 0.1) is 17.2 Å². The van der Waals surface area contributed by atoms with Crippen LogP contribution < -0.4 is 11.4 Å². The molecule has 0 saturated heterocycles. The fourth-order valence-electron chi connectivity index (χ4n) is 2.45. The van der Waals surface area contributed by atoms with Crippen molar-refractivity contribution in [3.05, 3.63) is 34.9 Å². The van der Waals surface area contributed by atoms with Crippen molar-refractivity contribution >= 4 is 16.9 Å². The number of hydrogen-bond donors (Lipinski definition) is 1. The molecule has 3 rings (SSSR count). The van der Waals surface area contributed by atoms with E-state index in [-0.39, 0.29) is 5.69 Å². The molecule has 0 aliphatic carbocycles. The van der Waals surface area contributed by atoms with Gasteiger partial charge in [-0.05, 0) is 6.07 Å². The molecule has 6 heteroatoms. The smallest absolute Gasteiger partial charge is 0.328 e. The fourth-order valence-corrected chi connectivity index (χ4v) is 2.45. The van der Waals surface area contributed by atoms with Gasteiger partial charge in [0.2, 0.25) is 0 Å². The fraction of sp³-hybridized carbons (Fsp3) is 0.231. The Balaban J connectivity index is 2.46. The Kier molecular flexibility index (Phi) is 2.28. The quantitative estimate of drug-likeness (QED) is 0.703. The summed E-state index contributed by atoms with van der Waals surface area (Å²) in [6, 6.07) is 5.80. The first kappa shape index (κ1) is 11.6. The van der Waals surface area contributed by atoms with Crippen LogP contribution in [-0.4, -0.2) is 18.9 Å². The molecule has 19 heavy (non-hydrogen) atoms. The molecule has 0 bridgehead atoms. The van der Waals surface area contributed by atoms with E-state index in [2.05, 4.69) is 5.10 Å². The summed E-state index contributed by atoms with van der Waals surface area (Å²) >= 11 is 0. The molecular weight excluding hydrogens is 242 g/mol. The molecule has 2 heterocycles. The maximum Gasteiger partial charge on any atom is 0.328 e. The third kappa shape index (κ3) is 1.43. The number of imidazole rings is 1. The first-order valence-electron chi connectivity index (χ1n) is 5.94. The Hall–Kier alpha value is -2.50. The lowest BCUT2D eigenvalue weighted by molar-refractivity contribution is 0.779. The molecule has 0 aliphatic rings. The number of para-hydroxylation sites is 1. The Labute approximate surface area is 109 Å². The molecule has 0 atom stereocenters. The maximum absolute atomic E-state index is 12.0. The largest absolute Gasteiger partial charge is 0.383 e. The average Bonchev–Trinajstić information content (AvgIpc) is 2.85. The number of nitrogen functional groups attached to an aromatic ring is 1. The molecule has 0 unspecified atom stereocenters. The molecule has 0 amide bonds. The van der Waals surface area contributed by atoms with E-state index < -0.39 is 0 Å². The van der Waals surface area contributed by atoms with Gasteiger partial charge in [-0.25, -0.2) is 4.79 Å². The van der Waals surface area contributed by atoms with E-state index in [0.29, 0.717) is 5.82 Å². The molecule has 0 saturated carbocycles. The van der Waals surface area contributed by atoms with Crippen molar-refractivity contribution in [1.82, 2.24) is 18.9 Å². The van der Waals surface area contributed by atoms with Gasteiger partial charge in [-0.15, -0.1) is 0 Å². The highest BCUT2D eigenvalue weighted by Crippen LogP contribution is 2.31. The summed E-state index contributed by atoms with van der Waals surface area (Å²) in [4.78, 5) is 12.0. The lowest BCUT2D eigenvalue weighted by Gasteiger charge is -2.04. The Bertz CT molecular complexity index is 837. The van der Waals surface area contributed by atoms with Crippen LogP contribution in [0.3, 0.4) is 0 Å². The van der Waals surface area contributed by atoms with Crippen molar-refractivity contribution in [2.45, 2.75) is 0 Å². The number of aromatic nitrogens is 4. The summed E-state index contributed by atoms with van der Waals surface area (Å²) < 4.78 is 4.89. The second-order valence-electron chi connectivity index (χ2n) is 4.64. The average molecular weight is 257 g/mol. The third-order valence-electron chi connectivity index (χ3n) is 3.56. The summed E-state index contributed by atoms with van der Waals surface area (Å²) in [5.41, 5.74) is 9.49. The number of hydrogen-bond acceptors (Lipinski definition) is 3. The molecule has 0 aliphatic heterocycles. The SMILES string of the molecule is Cn1ncc(-c2cccc3c2n(C)c(=O)n3C)c1N. The van der Waals surface area contributed by atoms with Crippen LogP contribution in [0.5, 0.6) is 0 Å². The number of anilines is 1. The number of aryl methyl sites for hydroxylation is 3. The zero-order valence-electron chi connectivity index (χ0n) is 11.1. The van der Waals surface area contributed by atoms with E-state index in [0.717, 1.165) is 22.2 Å². The van der Waals surface area contributed by atoms with E-state index >= 15 is 0 Å². The summed E-state index contributed by atoms with van der Waals surface area (Å²) in [5.74, 6) is 0.587. The lowest BCUT2D eigenvalue weighted by atomic mass is 10.1. The first-order chi connectivity index (χ1) is 9.02. The van der Waals surface area contributed by atoms with E-state index in [1.807, 2.05) is 18.2 Å². The first-order valence-corrected chi connectivity index (χ1v) is 5.94. The van der Waals surface area contributed by atoms with Crippen molar-refractivity contribution in [2.24, 2.45) is 21.1 Å². The van der Waals surface area contributed by atoms with Crippen LogP contribution in [0, 0.1) is 0 Å². The highest BCUT2D eigenvalue weighted by molar-refractivity contribution is 5.95. The Morgan fingerprint density at radius 3 is 2.47 bits per heavy atom. The van der Waals surface area contributed by atoms with Gasteiger partial charge in [0.1, 0.15) is 5.82 Å². The number of fused-ring (bicyclic) bond motifs is 1. The van der Waals surface area contributed by atoms with Crippen LogP contribution in [0.25, 0.3) is 22.2 Å². The molecular formula is C13H15N5O. The van der Waals surface area contributed by atoms with E-state index in [4.69, 9.17) is 5.73 Å². The van der Waals surface area contributed by atoms with Gasteiger partial charge < -0.3 is 5.73 Å². The van der Waals surface area contributed by atoms with Crippen molar-refractivity contribution < 1.29 is 0 Å². The van der Waals surface area contributed by atoms with Gasteiger partial charge in [0.25, 0.3) is 0 Å². The number of nitrogens with zero attached hydrogens (tertiary/aromatic N) is 4. The summed E-state index contributed by atoms with van der Waals surface area (Å²) in [5, 5.41) is 4.16.